The monoisotopic (exact) mass is 454 g/mol. The Morgan fingerprint density at radius 1 is 1.16 bits per heavy atom. The molecule has 0 aliphatic carbocycles. The fraction of sp³-hybridized carbons (Fsp3) is 0.368. The molecule has 136 valence electrons. The van der Waals surface area contributed by atoms with Crippen LogP contribution in [-0.4, -0.2) is 37.7 Å². The van der Waals surface area contributed by atoms with E-state index in [1.807, 2.05) is 30.5 Å². The first-order chi connectivity index (χ1) is 11.8. The van der Waals surface area contributed by atoms with E-state index in [-0.39, 0.29) is 24.0 Å². The summed E-state index contributed by atoms with van der Waals surface area (Å²) in [5.41, 5.74) is 3.25. The van der Waals surface area contributed by atoms with Gasteiger partial charge in [-0.3, -0.25) is 4.98 Å². The smallest absolute Gasteiger partial charge is 0.191 e. The Balaban J connectivity index is 0.00000312. The number of hydrogen-bond donors (Lipinski definition) is 2. The molecular formula is C19H27IN4O. The molecule has 25 heavy (non-hydrogen) atoms. The van der Waals surface area contributed by atoms with Crippen molar-refractivity contribution in [1.82, 2.24) is 15.6 Å². The lowest BCUT2D eigenvalue weighted by molar-refractivity contribution is 0.195. The highest BCUT2D eigenvalue weighted by atomic mass is 127. The highest BCUT2D eigenvalue weighted by Gasteiger charge is 2.01. The lowest BCUT2D eigenvalue weighted by Crippen LogP contribution is -2.38. The Morgan fingerprint density at radius 3 is 2.76 bits per heavy atom. The van der Waals surface area contributed by atoms with Gasteiger partial charge in [-0.15, -0.1) is 24.0 Å². The first-order valence-corrected chi connectivity index (χ1v) is 8.35. The van der Waals surface area contributed by atoms with E-state index >= 15 is 0 Å². The second-order valence-corrected chi connectivity index (χ2v) is 5.38. The zero-order chi connectivity index (χ0) is 17.0. The summed E-state index contributed by atoms with van der Waals surface area (Å²) >= 11 is 0. The highest BCUT2D eigenvalue weighted by molar-refractivity contribution is 14.0. The van der Waals surface area contributed by atoms with Crippen LogP contribution in [0.2, 0.25) is 0 Å². The topological polar surface area (TPSA) is 58.5 Å². The van der Waals surface area contributed by atoms with Crippen molar-refractivity contribution in [3.8, 4) is 11.3 Å². The van der Waals surface area contributed by atoms with Crippen LogP contribution in [0.25, 0.3) is 11.3 Å². The number of rotatable bonds is 8. The van der Waals surface area contributed by atoms with Crippen LogP contribution in [-0.2, 0) is 11.3 Å². The molecule has 0 bridgehead atoms. The first-order valence-electron chi connectivity index (χ1n) is 8.35. The number of aliphatic imine (C=N–C) groups is 1. The molecule has 0 saturated heterocycles. The van der Waals surface area contributed by atoms with Crippen LogP contribution in [0, 0.1) is 0 Å². The molecule has 0 saturated carbocycles. The second kappa shape index (κ2) is 12.7. The Bertz CT molecular complexity index is 634. The molecule has 6 heteroatoms. The number of guanidine groups is 1. The normalized spacial score (nSPS) is 10.9. The van der Waals surface area contributed by atoms with Crippen LogP contribution >= 0.6 is 24.0 Å². The zero-order valence-electron chi connectivity index (χ0n) is 14.9. The van der Waals surface area contributed by atoms with Crippen molar-refractivity contribution < 1.29 is 4.74 Å². The third-order valence-corrected chi connectivity index (χ3v) is 3.47. The van der Waals surface area contributed by atoms with E-state index in [9.17, 15) is 0 Å². The summed E-state index contributed by atoms with van der Waals surface area (Å²) in [6.07, 6.45) is 2.77. The van der Waals surface area contributed by atoms with Crippen molar-refractivity contribution in [3.63, 3.8) is 0 Å². The molecule has 0 aliphatic rings. The SMILES string of the molecule is CCNC(=NCc1cccc(-c2ccccn2)c1)NCCCOC.I. The fourth-order valence-electron chi connectivity index (χ4n) is 2.30. The Kier molecular flexibility index (Phi) is 10.8. The van der Waals surface area contributed by atoms with E-state index < -0.39 is 0 Å². The van der Waals surface area contributed by atoms with Crippen LogP contribution in [0.4, 0.5) is 0 Å². The maximum atomic E-state index is 5.06. The summed E-state index contributed by atoms with van der Waals surface area (Å²) in [5.74, 6) is 0.830. The Labute approximate surface area is 167 Å². The van der Waals surface area contributed by atoms with E-state index in [1.54, 1.807) is 7.11 Å². The van der Waals surface area contributed by atoms with Gasteiger partial charge in [0.05, 0.1) is 12.2 Å². The van der Waals surface area contributed by atoms with E-state index in [2.05, 4.69) is 45.7 Å². The van der Waals surface area contributed by atoms with E-state index in [0.29, 0.717) is 6.54 Å². The lowest BCUT2D eigenvalue weighted by atomic mass is 10.1. The number of benzene rings is 1. The fourth-order valence-corrected chi connectivity index (χ4v) is 2.30. The van der Waals surface area contributed by atoms with Gasteiger partial charge in [0, 0.05) is 38.6 Å². The van der Waals surface area contributed by atoms with Crippen LogP contribution < -0.4 is 10.6 Å². The zero-order valence-corrected chi connectivity index (χ0v) is 17.2. The summed E-state index contributed by atoms with van der Waals surface area (Å²) in [5, 5.41) is 6.58. The van der Waals surface area contributed by atoms with Gasteiger partial charge >= 0.3 is 0 Å². The van der Waals surface area contributed by atoms with Crippen molar-refractivity contribution in [1.29, 1.82) is 0 Å². The van der Waals surface area contributed by atoms with Crippen molar-refractivity contribution in [3.05, 3.63) is 54.2 Å². The highest BCUT2D eigenvalue weighted by Crippen LogP contribution is 2.18. The van der Waals surface area contributed by atoms with E-state index in [0.717, 1.165) is 48.9 Å². The molecule has 2 aromatic rings. The average Bonchev–Trinajstić information content (AvgIpc) is 2.64. The molecule has 0 amide bonds. The molecule has 0 aliphatic heterocycles. The Hall–Kier alpha value is -1.67. The van der Waals surface area contributed by atoms with Gasteiger partial charge < -0.3 is 15.4 Å². The van der Waals surface area contributed by atoms with Crippen LogP contribution in [0.1, 0.15) is 18.9 Å². The molecule has 0 unspecified atom stereocenters. The minimum atomic E-state index is 0. The third kappa shape index (κ3) is 7.83. The van der Waals surface area contributed by atoms with Gasteiger partial charge in [0.15, 0.2) is 5.96 Å². The lowest BCUT2D eigenvalue weighted by Gasteiger charge is -2.11. The van der Waals surface area contributed by atoms with E-state index in [4.69, 9.17) is 4.74 Å². The molecule has 2 rings (SSSR count). The summed E-state index contributed by atoms with van der Waals surface area (Å²) < 4.78 is 5.06. The number of halogens is 1. The molecule has 2 N–H and O–H groups in total. The predicted molar refractivity (Wildman–Crippen MR) is 114 cm³/mol. The molecular weight excluding hydrogens is 427 g/mol. The molecule has 1 aromatic carbocycles. The minimum absolute atomic E-state index is 0. The summed E-state index contributed by atoms with van der Waals surface area (Å²) in [6.45, 7) is 5.12. The predicted octanol–water partition coefficient (Wildman–Crippen LogP) is 3.46. The third-order valence-electron chi connectivity index (χ3n) is 3.47. The number of methoxy groups -OCH3 is 1. The molecule has 0 radical (unpaired) electrons. The van der Waals surface area contributed by atoms with Crippen molar-refractivity contribution in [2.75, 3.05) is 26.8 Å². The van der Waals surface area contributed by atoms with Crippen molar-refractivity contribution in [2.24, 2.45) is 4.99 Å². The maximum Gasteiger partial charge on any atom is 0.191 e. The van der Waals surface area contributed by atoms with Gasteiger partial charge in [-0.2, -0.15) is 0 Å². The number of hydrogen-bond acceptors (Lipinski definition) is 3. The summed E-state index contributed by atoms with van der Waals surface area (Å²) in [7, 11) is 1.72. The average molecular weight is 454 g/mol. The molecule has 0 fully saturated rings. The number of pyridine rings is 1. The van der Waals surface area contributed by atoms with Crippen LogP contribution in [0.15, 0.2) is 53.7 Å². The van der Waals surface area contributed by atoms with Crippen molar-refractivity contribution >= 4 is 29.9 Å². The molecule has 1 aromatic heterocycles. The maximum absolute atomic E-state index is 5.06. The van der Waals surface area contributed by atoms with Gasteiger partial charge in [-0.1, -0.05) is 24.3 Å². The van der Waals surface area contributed by atoms with Gasteiger partial charge in [0.2, 0.25) is 0 Å². The van der Waals surface area contributed by atoms with Gasteiger partial charge in [0.25, 0.3) is 0 Å². The number of ether oxygens (including phenoxy) is 1. The molecule has 5 nitrogen and oxygen atoms in total. The summed E-state index contributed by atoms with van der Waals surface area (Å²) in [4.78, 5) is 9.05. The minimum Gasteiger partial charge on any atom is -0.385 e. The molecule has 1 heterocycles. The van der Waals surface area contributed by atoms with Gasteiger partial charge in [-0.25, -0.2) is 4.99 Å². The molecule has 0 atom stereocenters. The largest absolute Gasteiger partial charge is 0.385 e. The number of nitrogens with one attached hydrogen (secondary N) is 2. The second-order valence-electron chi connectivity index (χ2n) is 5.38. The number of nitrogens with zero attached hydrogens (tertiary/aromatic N) is 2. The molecule has 0 spiro atoms. The van der Waals surface area contributed by atoms with Crippen LogP contribution in [0.3, 0.4) is 0 Å². The Morgan fingerprint density at radius 2 is 2.04 bits per heavy atom. The number of aromatic nitrogens is 1. The van der Waals surface area contributed by atoms with Crippen molar-refractivity contribution in [2.45, 2.75) is 19.9 Å². The van der Waals surface area contributed by atoms with Gasteiger partial charge in [0.1, 0.15) is 0 Å². The summed E-state index contributed by atoms with van der Waals surface area (Å²) in [6, 6.07) is 14.3. The van der Waals surface area contributed by atoms with Crippen LogP contribution in [0.5, 0.6) is 0 Å². The van der Waals surface area contributed by atoms with Gasteiger partial charge in [-0.05, 0) is 37.1 Å². The standard InChI is InChI=1S/C19H26N4O.HI/c1-3-20-19(22-12-7-13-24-2)23-15-16-8-6-9-17(14-16)18-10-4-5-11-21-18;/h4-6,8-11,14H,3,7,12-13,15H2,1-2H3,(H2,20,22,23);1H. The first kappa shape index (κ1) is 21.4. The van der Waals surface area contributed by atoms with E-state index in [1.165, 1.54) is 0 Å². The quantitative estimate of drug-likeness (QED) is 0.278.